The fraction of sp³-hybridized carbons (Fsp3) is 0.462. The smallest absolute Gasteiger partial charge is 0.234 e. The second-order valence-corrected chi connectivity index (χ2v) is 4.82. The van der Waals surface area contributed by atoms with Crippen molar-refractivity contribution < 1.29 is 9.90 Å². The molecule has 0 aromatic heterocycles. The van der Waals surface area contributed by atoms with Crippen molar-refractivity contribution in [2.75, 3.05) is 5.32 Å². The van der Waals surface area contributed by atoms with Gasteiger partial charge in [-0.25, -0.2) is 0 Å². The minimum absolute atomic E-state index is 0.0404. The molecule has 1 aromatic carbocycles. The zero-order valence-electron chi connectivity index (χ0n) is 9.92. The summed E-state index contributed by atoms with van der Waals surface area (Å²) >= 11 is 0. The topological polar surface area (TPSA) is 49.3 Å². The summed E-state index contributed by atoms with van der Waals surface area (Å²) in [5.74, 6) is 0.166. The van der Waals surface area contributed by atoms with Crippen molar-refractivity contribution in [2.45, 2.75) is 39.0 Å². The summed E-state index contributed by atoms with van der Waals surface area (Å²) in [7, 11) is 0. The van der Waals surface area contributed by atoms with Crippen LogP contribution in [0.15, 0.2) is 12.1 Å². The van der Waals surface area contributed by atoms with Crippen molar-refractivity contribution in [1.82, 2.24) is 0 Å². The molecule has 0 saturated heterocycles. The number of anilines is 1. The summed E-state index contributed by atoms with van der Waals surface area (Å²) in [5, 5.41) is 12.8. The third-order valence-electron chi connectivity index (χ3n) is 3.22. The number of carbonyl (C=O) groups excluding carboxylic acids is 1. The molecule has 2 N–H and O–H groups in total. The van der Waals surface area contributed by atoms with Crippen LogP contribution in [-0.4, -0.2) is 11.0 Å². The molecule has 0 saturated carbocycles. The number of aromatic hydroxyl groups is 1. The van der Waals surface area contributed by atoms with Crippen LogP contribution in [0.1, 0.15) is 38.3 Å². The highest BCUT2D eigenvalue weighted by Gasteiger charge is 2.41. The average molecular weight is 219 g/mol. The molecule has 16 heavy (non-hydrogen) atoms. The predicted molar refractivity (Wildman–Crippen MR) is 63.8 cm³/mol. The Labute approximate surface area is 95.5 Å². The van der Waals surface area contributed by atoms with Crippen LogP contribution in [0.5, 0.6) is 5.75 Å². The van der Waals surface area contributed by atoms with Crippen LogP contribution in [0.2, 0.25) is 0 Å². The number of hydrogen-bond acceptors (Lipinski definition) is 2. The van der Waals surface area contributed by atoms with Gasteiger partial charge in [-0.2, -0.15) is 0 Å². The van der Waals surface area contributed by atoms with Crippen LogP contribution in [0, 0.1) is 0 Å². The molecule has 2 rings (SSSR count). The Balaban J connectivity index is 2.62. The molecule has 0 bridgehead atoms. The first kappa shape index (κ1) is 11.0. The molecule has 1 aliphatic rings. The Morgan fingerprint density at radius 2 is 2.06 bits per heavy atom. The van der Waals surface area contributed by atoms with Gasteiger partial charge in [0.15, 0.2) is 0 Å². The number of nitrogens with one attached hydrogen (secondary N) is 1. The first-order chi connectivity index (χ1) is 7.48. The number of hydrogen-bond donors (Lipinski definition) is 2. The molecule has 0 fully saturated rings. The Morgan fingerprint density at radius 1 is 1.38 bits per heavy atom. The van der Waals surface area contributed by atoms with Gasteiger partial charge in [-0.15, -0.1) is 0 Å². The largest absolute Gasteiger partial charge is 0.508 e. The lowest BCUT2D eigenvalue weighted by Gasteiger charge is -2.16. The molecule has 0 radical (unpaired) electrons. The maximum atomic E-state index is 11.8. The minimum Gasteiger partial charge on any atom is -0.508 e. The Hall–Kier alpha value is -1.51. The summed E-state index contributed by atoms with van der Waals surface area (Å²) in [6.07, 6.45) is 1.94. The average Bonchev–Trinajstić information content (AvgIpc) is 2.44. The normalized spacial score (nSPS) is 17.1. The molecule has 1 aliphatic heterocycles. The lowest BCUT2D eigenvalue weighted by atomic mass is 9.84. The van der Waals surface area contributed by atoms with Crippen molar-refractivity contribution >= 4 is 11.6 Å². The minimum atomic E-state index is -0.636. The fourth-order valence-electron chi connectivity index (χ4n) is 2.27. The van der Waals surface area contributed by atoms with Gasteiger partial charge >= 0.3 is 0 Å². The highest BCUT2D eigenvalue weighted by atomic mass is 16.3. The van der Waals surface area contributed by atoms with Crippen molar-refractivity contribution in [3.8, 4) is 5.75 Å². The van der Waals surface area contributed by atoms with Gasteiger partial charge in [0, 0.05) is 5.56 Å². The van der Waals surface area contributed by atoms with Crippen LogP contribution in [0.4, 0.5) is 5.69 Å². The van der Waals surface area contributed by atoms with Gasteiger partial charge < -0.3 is 10.4 Å². The van der Waals surface area contributed by atoms with E-state index in [9.17, 15) is 9.90 Å². The maximum absolute atomic E-state index is 11.8. The van der Waals surface area contributed by atoms with Gasteiger partial charge in [0.25, 0.3) is 0 Å². The summed E-state index contributed by atoms with van der Waals surface area (Å²) < 4.78 is 0. The monoisotopic (exact) mass is 219 g/mol. The second kappa shape index (κ2) is 3.51. The SMILES string of the molecule is CCCc1ccc(O)c2c1NC(=O)C2(C)C. The van der Waals surface area contributed by atoms with E-state index in [0.717, 1.165) is 29.7 Å². The quantitative estimate of drug-likeness (QED) is 0.803. The van der Waals surface area contributed by atoms with Crippen molar-refractivity contribution in [1.29, 1.82) is 0 Å². The van der Waals surface area contributed by atoms with E-state index in [-0.39, 0.29) is 11.7 Å². The maximum Gasteiger partial charge on any atom is 0.234 e. The molecular weight excluding hydrogens is 202 g/mol. The van der Waals surface area contributed by atoms with Crippen LogP contribution in [0.3, 0.4) is 0 Å². The molecule has 3 nitrogen and oxygen atoms in total. The number of carbonyl (C=O) groups is 1. The van der Waals surface area contributed by atoms with Gasteiger partial charge in [0.05, 0.1) is 11.1 Å². The number of aryl methyl sites for hydroxylation is 1. The molecule has 0 atom stereocenters. The highest BCUT2D eigenvalue weighted by molar-refractivity contribution is 6.07. The van der Waals surface area contributed by atoms with Crippen molar-refractivity contribution in [3.63, 3.8) is 0 Å². The van der Waals surface area contributed by atoms with Crippen molar-refractivity contribution in [3.05, 3.63) is 23.3 Å². The van der Waals surface area contributed by atoms with E-state index < -0.39 is 5.41 Å². The van der Waals surface area contributed by atoms with E-state index in [0.29, 0.717) is 0 Å². The summed E-state index contributed by atoms with van der Waals surface area (Å²) in [6.45, 7) is 5.77. The zero-order chi connectivity index (χ0) is 11.9. The molecule has 3 heteroatoms. The Morgan fingerprint density at radius 3 is 2.69 bits per heavy atom. The molecule has 0 aliphatic carbocycles. The third-order valence-corrected chi connectivity index (χ3v) is 3.22. The van der Waals surface area contributed by atoms with E-state index >= 15 is 0 Å². The van der Waals surface area contributed by atoms with E-state index in [1.807, 2.05) is 19.9 Å². The molecule has 1 heterocycles. The lowest BCUT2D eigenvalue weighted by molar-refractivity contribution is -0.119. The van der Waals surface area contributed by atoms with Gasteiger partial charge in [-0.3, -0.25) is 4.79 Å². The van der Waals surface area contributed by atoms with Gasteiger partial charge in [0.1, 0.15) is 5.75 Å². The van der Waals surface area contributed by atoms with Crippen LogP contribution >= 0.6 is 0 Å². The molecular formula is C13H17NO2. The first-order valence-corrected chi connectivity index (χ1v) is 5.65. The van der Waals surface area contributed by atoms with Crippen molar-refractivity contribution in [2.24, 2.45) is 0 Å². The van der Waals surface area contributed by atoms with Gasteiger partial charge in [-0.05, 0) is 31.9 Å². The van der Waals surface area contributed by atoms with E-state index in [2.05, 4.69) is 12.2 Å². The third kappa shape index (κ3) is 1.39. The molecule has 86 valence electrons. The second-order valence-electron chi connectivity index (χ2n) is 4.82. The van der Waals surface area contributed by atoms with Gasteiger partial charge in [-0.1, -0.05) is 19.4 Å². The van der Waals surface area contributed by atoms with Crippen LogP contribution in [0.25, 0.3) is 0 Å². The van der Waals surface area contributed by atoms with E-state index in [1.165, 1.54) is 0 Å². The number of amides is 1. The predicted octanol–water partition coefficient (Wildman–Crippen LogP) is 2.57. The highest BCUT2D eigenvalue weighted by Crippen LogP contribution is 2.44. The Bertz CT molecular complexity index is 449. The van der Waals surface area contributed by atoms with E-state index in [1.54, 1.807) is 6.07 Å². The number of fused-ring (bicyclic) bond motifs is 1. The molecule has 1 aromatic rings. The zero-order valence-corrected chi connectivity index (χ0v) is 9.92. The lowest BCUT2D eigenvalue weighted by Crippen LogP contribution is -2.26. The number of phenols is 1. The number of phenolic OH excluding ortho intramolecular Hbond substituents is 1. The first-order valence-electron chi connectivity index (χ1n) is 5.65. The number of rotatable bonds is 2. The standard InChI is InChI=1S/C13H17NO2/c1-4-5-8-6-7-9(15)10-11(8)14-12(16)13(10,2)3/h6-7,15H,4-5H2,1-3H3,(H,14,16). The molecule has 0 unspecified atom stereocenters. The Kier molecular flexibility index (Phi) is 2.41. The van der Waals surface area contributed by atoms with E-state index in [4.69, 9.17) is 0 Å². The molecule has 0 spiro atoms. The molecule has 1 amide bonds. The summed E-state index contributed by atoms with van der Waals surface area (Å²) in [5.41, 5.74) is 2.03. The fourth-order valence-corrected chi connectivity index (χ4v) is 2.27. The van der Waals surface area contributed by atoms with Gasteiger partial charge in [0.2, 0.25) is 5.91 Å². The number of benzene rings is 1. The van der Waals surface area contributed by atoms with Crippen LogP contribution in [-0.2, 0) is 16.6 Å². The summed E-state index contributed by atoms with van der Waals surface area (Å²) in [4.78, 5) is 11.8. The summed E-state index contributed by atoms with van der Waals surface area (Å²) in [6, 6.07) is 3.57. The van der Waals surface area contributed by atoms with Crippen LogP contribution < -0.4 is 5.32 Å².